The average Bonchev–Trinajstić information content (AvgIpc) is 2.46. The molecule has 0 atom stereocenters. The van der Waals surface area contributed by atoms with E-state index in [2.05, 4.69) is 12.1 Å². The maximum absolute atomic E-state index is 11.7. The number of amides is 1. The van der Waals surface area contributed by atoms with Crippen LogP contribution in [-0.4, -0.2) is 25.5 Å². The highest BCUT2D eigenvalue weighted by Gasteiger charge is 2.22. The van der Waals surface area contributed by atoms with Gasteiger partial charge in [0.2, 0.25) is 0 Å². The lowest BCUT2D eigenvalue weighted by molar-refractivity contribution is -0.129. The van der Waals surface area contributed by atoms with Crippen LogP contribution in [0, 0.1) is 27.7 Å². The Morgan fingerprint density at radius 2 is 1.71 bits per heavy atom. The van der Waals surface area contributed by atoms with Gasteiger partial charge in [0, 0.05) is 5.57 Å². The Morgan fingerprint density at radius 1 is 1.12 bits per heavy atom. The Kier molecular flexibility index (Phi) is 6.71. The van der Waals surface area contributed by atoms with Gasteiger partial charge >= 0.3 is 0 Å². The molecule has 7 heteroatoms. The highest BCUT2D eigenvalue weighted by molar-refractivity contribution is 7.86. The summed E-state index contributed by atoms with van der Waals surface area (Å²) in [4.78, 5) is 16.4. The molecule has 24 heavy (non-hydrogen) atoms. The van der Waals surface area contributed by atoms with Crippen LogP contribution in [0.5, 0.6) is 0 Å². The minimum absolute atomic E-state index is 0.0166. The number of carbonyl (C=O) groups is 1. The minimum Gasteiger partial charge on any atom is -0.282 e. The Labute approximate surface area is 143 Å². The van der Waals surface area contributed by atoms with Gasteiger partial charge in [-0.15, -0.1) is 0 Å². The third-order valence-electron chi connectivity index (χ3n) is 4.20. The summed E-state index contributed by atoms with van der Waals surface area (Å²) < 4.78 is 32.9. The molecule has 1 rings (SSSR count). The summed E-state index contributed by atoms with van der Waals surface area (Å²) in [5, 5.41) is 0. The number of nitrogens with one attached hydrogen (secondary N) is 1. The molecule has 0 unspecified atom stereocenters. The molecule has 0 bridgehead atoms. The third-order valence-corrected chi connectivity index (χ3v) is 5.32. The summed E-state index contributed by atoms with van der Waals surface area (Å²) in [6.45, 7) is 12.5. The molecule has 0 aliphatic heterocycles. The second-order valence-electron chi connectivity index (χ2n) is 5.95. The molecule has 1 aromatic carbocycles. The zero-order chi connectivity index (χ0) is 18.7. The van der Waals surface area contributed by atoms with Gasteiger partial charge in [-0.3, -0.25) is 14.2 Å². The van der Waals surface area contributed by atoms with Crippen molar-refractivity contribution in [1.29, 1.82) is 0 Å². The Hall–Kier alpha value is -1.70. The van der Waals surface area contributed by atoms with Crippen LogP contribution >= 0.6 is 0 Å². The van der Waals surface area contributed by atoms with Gasteiger partial charge in [-0.1, -0.05) is 6.58 Å². The van der Waals surface area contributed by atoms with Crippen molar-refractivity contribution in [2.24, 2.45) is 0 Å². The predicted octanol–water partition coefficient (Wildman–Crippen LogP) is 2.72. The van der Waals surface area contributed by atoms with Crippen molar-refractivity contribution in [2.45, 2.75) is 52.4 Å². The number of hydrogen-bond donors (Lipinski definition) is 2. The van der Waals surface area contributed by atoms with Crippen LogP contribution in [0.15, 0.2) is 17.0 Å². The molecular formula is C17H25NO5S. The van der Waals surface area contributed by atoms with Gasteiger partial charge in [-0.25, -0.2) is 5.48 Å². The van der Waals surface area contributed by atoms with E-state index < -0.39 is 10.1 Å². The molecule has 0 aromatic heterocycles. The van der Waals surface area contributed by atoms with E-state index in [1.54, 1.807) is 20.8 Å². The van der Waals surface area contributed by atoms with E-state index in [4.69, 9.17) is 4.84 Å². The fraction of sp³-hybridized carbons (Fsp3) is 0.471. The number of hydroxylamine groups is 1. The summed E-state index contributed by atoms with van der Waals surface area (Å²) >= 11 is 0. The first-order valence-electron chi connectivity index (χ1n) is 7.62. The molecular weight excluding hydrogens is 330 g/mol. The molecule has 1 amide bonds. The molecule has 0 aliphatic carbocycles. The van der Waals surface area contributed by atoms with Crippen molar-refractivity contribution in [3.63, 3.8) is 0 Å². The molecule has 2 N–H and O–H groups in total. The first-order chi connectivity index (χ1) is 11.0. The van der Waals surface area contributed by atoms with Gasteiger partial charge in [-0.2, -0.15) is 8.42 Å². The van der Waals surface area contributed by atoms with Crippen LogP contribution in [0.25, 0.3) is 0 Å². The number of carbonyl (C=O) groups excluding carboxylic acids is 1. The van der Waals surface area contributed by atoms with E-state index in [1.165, 1.54) is 0 Å². The van der Waals surface area contributed by atoms with Crippen LogP contribution in [-0.2, 0) is 26.2 Å². The quantitative estimate of drug-likeness (QED) is 0.339. The molecule has 0 saturated heterocycles. The van der Waals surface area contributed by atoms with E-state index in [-0.39, 0.29) is 17.4 Å². The largest absolute Gasteiger partial charge is 0.295 e. The molecule has 0 heterocycles. The van der Waals surface area contributed by atoms with Gasteiger partial charge in [0.05, 0.1) is 6.61 Å². The van der Waals surface area contributed by atoms with Gasteiger partial charge in [0.1, 0.15) is 4.90 Å². The van der Waals surface area contributed by atoms with Crippen LogP contribution in [0.1, 0.15) is 41.2 Å². The minimum atomic E-state index is -4.28. The first kappa shape index (κ1) is 20.3. The van der Waals surface area contributed by atoms with Gasteiger partial charge in [-0.05, 0) is 75.3 Å². The second kappa shape index (κ2) is 7.92. The zero-order valence-electron chi connectivity index (χ0n) is 14.8. The lowest BCUT2D eigenvalue weighted by atomic mass is 9.91. The number of benzene rings is 1. The first-order valence-corrected chi connectivity index (χ1v) is 9.06. The maximum Gasteiger partial charge on any atom is 0.295 e. The van der Waals surface area contributed by atoms with Crippen LogP contribution in [0.3, 0.4) is 0 Å². The van der Waals surface area contributed by atoms with E-state index in [1.807, 2.05) is 13.8 Å². The highest BCUT2D eigenvalue weighted by Crippen LogP contribution is 2.30. The van der Waals surface area contributed by atoms with Crippen LogP contribution in [0.2, 0.25) is 0 Å². The second-order valence-corrected chi connectivity index (χ2v) is 7.30. The zero-order valence-corrected chi connectivity index (χ0v) is 15.6. The summed E-state index contributed by atoms with van der Waals surface area (Å²) in [5.74, 6) is -0.373. The third kappa shape index (κ3) is 4.66. The topological polar surface area (TPSA) is 92.7 Å². The SMILES string of the molecule is C=C(C)C(=O)NOCCCc1c(C)c(C)c(C)c(S(=O)(=O)O)c1C. The molecule has 6 nitrogen and oxygen atoms in total. The van der Waals surface area contributed by atoms with Crippen molar-refractivity contribution in [3.8, 4) is 0 Å². The Morgan fingerprint density at radius 3 is 2.21 bits per heavy atom. The standard InChI is InChI=1S/C17H25NO5S/c1-10(2)17(19)18-23-9-7-8-15-12(4)11(3)13(5)16(14(15)6)24(20,21)22/h1,7-9H2,2-6H3,(H,18,19)(H,20,21,22). The lowest BCUT2D eigenvalue weighted by Gasteiger charge is -2.19. The van der Waals surface area contributed by atoms with E-state index in [9.17, 15) is 17.8 Å². The Bertz CT molecular complexity index is 766. The van der Waals surface area contributed by atoms with Crippen molar-refractivity contribution < 1.29 is 22.6 Å². The maximum atomic E-state index is 11.7. The molecule has 134 valence electrons. The molecule has 0 spiro atoms. The molecule has 0 aliphatic rings. The fourth-order valence-corrected chi connectivity index (χ4v) is 3.71. The Balaban J connectivity index is 2.92. The van der Waals surface area contributed by atoms with E-state index in [0.717, 1.165) is 16.7 Å². The van der Waals surface area contributed by atoms with E-state index >= 15 is 0 Å². The van der Waals surface area contributed by atoms with Crippen molar-refractivity contribution in [2.75, 3.05) is 6.61 Å². The van der Waals surface area contributed by atoms with Crippen molar-refractivity contribution in [1.82, 2.24) is 5.48 Å². The van der Waals surface area contributed by atoms with Crippen LogP contribution < -0.4 is 5.48 Å². The fourth-order valence-electron chi connectivity index (χ4n) is 2.66. The van der Waals surface area contributed by atoms with Crippen LogP contribution in [0.4, 0.5) is 0 Å². The van der Waals surface area contributed by atoms with Gasteiger partial charge < -0.3 is 0 Å². The lowest BCUT2D eigenvalue weighted by Crippen LogP contribution is -2.24. The average molecular weight is 355 g/mol. The molecule has 0 fully saturated rings. The predicted molar refractivity (Wildman–Crippen MR) is 92.4 cm³/mol. The monoisotopic (exact) mass is 355 g/mol. The summed E-state index contributed by atoms with van der Waals surface area (Å²) in [6, 6.07) is 0. The van der Waals surface area contributed by atoms with Crippen molar-refractivity contribution in [3.05, 3.63) is 40.0 Å². The van der Waals surface area contributed by atoms with Crippen molar-refractivity contribution >= 4 is 16.0 Å². The summed E-state index contributed by atoms with van der Waals surface area (Å²) in [5.41, 5.74) is 6.49. The smallest absolute Gasteiger partial charge is 0.282 e. The molecule has 0 saturated carbocycles. The molecule has 0 radical (unpaired) electrons. The van der Waals surface area contributed by atoms with Gasteiger partial charge in [0.25, 0.3) is 16.0 Å². The summed E-state index contributed by atoms with van der Waals surface area (Å²) in [6.07, 6.45) is 1.16. The van der Waals surface area contributed by atoms with E-state index in [0.29, 0.717) is 29.5 Å². The molecule has 1 aromatic rings. The number of rotatable bonds is 7. The number of hydrogen-bond acceptors (Lipinski definition) is 4. The summed E-state index contributed by atoms with van der Waals surface area (Å²) in [7, 11) is -4.28. The van der Waals surface area contributed by atoms with Gasteiger partial charge in [0.15, 0.2) is 0 Å². The highest BCUT2D eigenvalue weighted by atomic mass is 32.2. The normalized spacial score (nSPS) is 11.4.